The summed E-state index contributed by atoms with van der Waals surface area (Å²) >= 11 is 8.46. The van der Waals surface area contributed by atoms with Gasteiger partial charge in [-0.1, -0.05) is 70.8 Å². The molecule has 0 radical (unpaired) electrons. The third kappa shape index (κ3) is 18.5. The Morgan fingerprint density at radius 3 is 0.980 bits per heavy atom. The number of thioether (sulfide) groups is 4. The number of ether oxygens (including phenoxy) is 4. The number of nitrogens with one attached hydrogen (secondary N) is 12. The molecule has 0 aromatic heterocycles. The Hall–Kier alpha value is -2.94. The second-order valence-corrected chi connectivity index (χ2v) is 35.2. The number of benzene rings is 4. The van der Waals surface area contributed by atoms with Crippen molar-refractivity contribution < 1.29 is 18.9 Å². The van der Waals surface area contributed by atoms with Gasteiger partial charge in [0.25, 0.3) is 0 Å². The molecule has 8 bridgehead atoms. The Morgan fingerprint density at radius 1 is 0.330 bits per heavy atom. The van der Waals surface area contributed by atoms with E-state index in [9.17, 15) is 0 Å². The van der Waals surface area contributed by atoms with Crippen molar-refractivity contribution in [3.05, 3.63) is 131 Å². The normalized spacial score (nSPS) is 34.5. The molecule has 20 heteroatoms. The van der Waals surface area contributed by atoms with E-state index in [-0.39, 0.29) is 114 Å². The average Bonchev–Trinajstić information content (AvgIpc) is 1.58. The average molecular weight is 1440 g/mol. The summed E-state index contributed by atoms with van der Waals surface area (Å²) in [5, 5.41) is 55.5. The molecule has 5 aliphatic heterocycles. The van der Waals surface area contributed by atoms with Gasteiger partial charge in [-0.3, -0.25) is 31.9 Å². The fraction of sp³-hybridized carbons (Fsp3) is 0.675. The first kappa shape index (κ1) is 75.3. The molecule has 0 amide bonds. The van der Waals surface area contributed by atoms with Crippen LogP contribution in [0, 0.1) is 69.1 Å². The molecule has 5 heterocycles. The van der Waals surface area contributed by atoms with E-state index in [4.69, 9.17) is 29.6 Å². The molecule has 4 saturated heterocycles. The van der Waals surface area contributed by atoms with Crippen LogP contribution in [0.4, 0.5) is 0 Å². The minimum Gasteiger partial charge on any atom is -0.382 e. The van der Waals surface area contributed by atoms with E-state index < -0.39 is 0 Å². The van der Waals surface area contributed by atoms with Crippen LogP contribution in [0.5, 0.6) is 0 Å². The van der Waals surface area contributed by atoms with Gasteiger partial charge in [-0.25, -0.2) is 0 Å². The summed E-state index contributed by atoms with van der Waals surface area (Å²) < 4.78 is 24.1. The van der Waals surface area contributed by atoms with Crippen LogP contribution in [0.3, 0.4) is 0 Å². The lowest BCUT2D eigenvalue weighted by Crippen LogP contribution is -2.62. The molecular formula is C80H122N12O4S4. The molecule has 8 fully saturated rings. The van der Waals surface area contributed by atoms with E-state index >= 15 is 0 Å². The van der Waals surface area contributed by atoms with Gasteiger partial charge in [0.2, 0.25) is 0 Å². The van der Waals surface area contributed by atoms with E-state index in [1.165, 1.54) is 53.2 Å². The van der Waals surface area contributed by atoms with E-state index in [2.05, 4.69) is 253 Å². The highest BCUT2D eigenvalue weighted by Gasteiger charge is 2.61. The minimum atomic E-state index is -0.0757. The van der Waals surface area contributed by atoms with Gasteiger partial charge in [-0.05, 0) is 213 Å². The van der Waals surface area contributed by atoms with Crippen molar-refractivity contribution in [3.63, 3.8) is 0 Å². The second kappa shape index (κ2) is 37.1. The first-order chi connectivity index (χ1) is 49.0. The number of aryl methyl sites for hydroxylation is 4. The largest absolute Gasteiger partial charge is 0.382 e. The van der Waals surface area contributed by atoms with Gasteiger partial charge >= 0.3 is 0 Å². The van der Waals surface area contributed by atoms with Crippen molar-refractivity contribution in [2.45, 2.75) is 240 Å². The maximum atomic E-state index is 6.02. The molecule has 0 spiro atoms. The smallest absolute Gasteiger partial charge is 0.102 e. The summed E-state index contributed by atoms with van der Waals surface area (Å²) in [4.78, 5) is 5.41. The minimum absolute atomic E-state index is 0.00422. The zero-order valence-corrected chi connectivity index (χ0v) is 64.4. The highest BCUT2D eigenvalue weighted by molar-refractivity contribution is 8.00. The molecule has 100 heavy (non-hydrogen) atoms. The summed E-state index contributed by atoms with van der Waals surface area (Å²) in [5.74, 6) is 2.95. The maximum absolute atomic E-state index is 6.02. The highest BCUT2D eigenvalue weighted by atomic mass is 32.2. The predicted molar refractivity (Wildman–Crippen MR) is 415 cm³/mol. The summed E-state index contributed by atoms with van der Waals surface area (Å²) in [6.07, 6.45) is 12.6. The van der Waals surface area contributed by atoms with Crippen LogP contribution in [0.1, 0.15) is 127 Å². The molecule has 4 aromatic rings. The van der Waals surface area contributed by atoms with Gasteiger partial charge in [0, 0.05) is 159 Å². The molecule has 4 aliphatic carbocycles. The van der Waals surface area contributed by atoms with Crippen molar-refractivity contribution in [1.82, 2.24) is 63.8 Å². The van der Waals surface area contributed by atoms with Crippen molar-refractivity contribution in [1.29, 1.82) is 0 Å². The van der Waals surface area contributed by atoms with Crippen LogP contribution < -0.4 is 63.8 Å². The topological polar surface area (TPSA) is 181 Å². The van der Waals surface area contributed by atoms with Crippen molar-refractivity contribution in [2.75, 3.05) is 79.0 Å². The molecule has 22 unspecified atom stereocenters. The van der Waals surface area contributed by atoms with E-state index in [0.29, 0.717) is 15.7 Å². The summed E-state index contributed by atoms with van der Waals surface area (Å²) in [6, 6.07) is 38.6. The first-order valence-electron chi connectivity index (χ1n) is 39.1. The Kier molecular flexibility index (Phi) is 27.9. The lowest BCUT2D eigenvalue weighted by Gasteiger charge is -2.45. The van der Waals surface area contributed by atoms with E-state index in [0.717, 1.165) is 156 Å². The predicted octanol–water partition coefficient (Wildman–Crippen LogP) is 11.2. The zero-order valence-electron chi connectivity index (χ0n) is 61.2. The number of hydrogen-bond donors (Lipinski definition) is 12. The fourth-order valence-electron chi connectivity index (χ4n) is 18.8. The molecule has 550 valence electrons. The molecular weight excluding hydrogens is 1320 g/mol. The second-order valence-electron chi connectivity index (χ2n) is 30.0. The SMILES string of the molecule is CCOCCCNC1CCC(Sc2ccc(C)cc2)C2=C3NC(NC4NC(NC5NC(NC6NC(N3)C3C(NCCCOCC)CCC(Sc7ccc(C)cc7)C63)C3C(NCCCOCC)CCC(Sc6ccc(C)cc6)C53)C3C(Sc5ccc(C)cc5)CCC(NCCCOCC)C43)C21. The van der Waals surface area contributed by atoms with Crippen LogP contribution in [0.25, 0.3) is 0 Å². The van der Waals surface area contributed by atoms with Gasteiger partial charge in [-0.2, -0.15) is 0 Å². The Labute approximate surface area is 617 Å². The molecule has 4 saturated carbocycles. The van der Waals surface area contributed by atoms with E-state index in [1.807, 2.05) is 0 Å². The number of fused-ring (bicyclic) bond motifs is 19. The fourth-order valence-corrected chi connectivity index (χ4v) is 24.3. The third-order valence-electron chi connectivity index (χ3n) is 23.4. The molecule has 13 rings (SSSR count). The van der Waals surface area contributed by atoms with Gasteiger partial charge < -0.3 is 50.8 Å². The highest BCUT2D eigenvalue weighted by Crippen LogP contribution is 2.53. The van der Waals surface area contributed by atoms with Crippen LogP contribution in [-0.2, 0) is 18.9 Å². The van der Waals surface area contributed by atoms with E-state index in [1.54, 1.807) is 0 Å². The summed E-state index contributed by atoms with van der Waals surface area (Å²) in [5.41, 5.74) is 6.73. The Morgan fingerprint density at radius 2 is 0.620 bits per heavy atom. The molecule has 12 N–H and O–H groups in total. The van der Waals surface area contributed by atoms with Gasteiger partial charge in [0.05, 0.1) is 43.2 Å². The quantitative estimate of drug-likeness (QED) is 0.0207. The standard InChI is InChI=1S/C80H122N12O4S4/c1-9-93-45-13-41-81-57-33-37-61(97-53-25-17-49(5)18-26-53)69-65(57)73-85-74-66-58(82-42-14-46-94-10-2)34-39-63(99-55-29-21-51(7)22-30-55)71(66)79(87-74)92-80-72-64(100-56-31-23-52(8)24-32-56)40-36-60(84-44-16-48-96-12-4)68(72)76(91-80)90-78-70-62(98-54-27-19-50(6)20-28-54)38-35-59(83-43-15-47-95-11-3)67(70)75(89-78)88-77(69)86-73/h17-32,57-68,70-76,78-92H,9-16,33-48H2,1-8H3. The van der Waals surface area contributed by atoms with Gasteiger partial charge in [0.15, 0.2) is 0 Å². The van der Waals surface area contributed by atoms with Crippen LogP contribution in [0.15, 0.2) is 128 Å². The van der Waals surface area contributed by atoms with Crippen LogP contribution in [-0.4, -0.2) is 167 Å². The molecule has 9 aliphatic rings. The Balaban J connectivity index is 0.965. The Bertz CT molecular complexity index is 3160. The summed E-state index contributed by atoms with van der Waals surface area (Å²) in [7, 11) is 0. The third-order valence-corrected chi connectivity index (χ3v) is 28.9. The number of rotatable bonds is 32. The van der Waals surface area contributed by atoms with Crippen molar-refractivity contribution in [2.24, 2.45) is 41.4 Å². The lowest BCUT2D eigenvalue weighted by molar-refractivity contribution is 0.125. The maximum Gasteiger partial charge on any atom is 0.102 e. The zero-order chi connectivity index (χ0) is 68.9. The summed E-state index contributed by atoms with van der Waals surface area (Å²) in [6.45, 7) is 27.0. The van der Waals surface area contributed by atoms with Crippen molar-refractivity contribution >= 4 is 47.0 Å². The molecule has 16 nitrogen and oxygen atoms in total. The van der Waals surface area contributed by atoms with Crippen LogP contribution >= 0.6 is 47.0 Å². The first-order valence-corrected chi connectivity index (χ1v) is 42.6. The molecule has 4 aromatic carbocycles. The lowest BCUT2D eigenvalue weighted by atomic mass is 9.73. The number of hydrogen-bond acceptors (Lipinski definition) is 20. The van der Waals surface area contributed by atoms with Gasteiger partial charge in [0.1, 0.15) is 5.82 Å². The van der Waals surface area contributed by atoms with Crippen molar-refractivity contribution in [3.8, 4) is 0 Å². The molecule has 22 atom stereocenters. The van der Waals surface area contributed by atoms with Gasteiger partial charge in [-0.15, -0.1) is 47.0 Å². The van der Waals surface area contributed by atoms with Crippen LogP contribution in [0.2, 0.25) is 0 Å². The monoisotopic (exact) mass is 1440 g/mol.